The zero-order chi connectivity index (χ0) is 16.2. The van der Waals surface area contributed by atoms with Gasteiger partial charge in [-0.05, 0) is 48.3 Å². The molecule has 6 nitrogen and oxygen atoms in total. The van der Waals surface area contributed by atoms with Crippen LogP contribution in [-0.2, 0) is 11.3 Å². The largest absolute Gasteiger partial charge is 0.311 e. The van der Waals surface area contributed by atoms with Crippen molar-refractivity contribution in [3.05, 3.63) is 46.2 Å². The Morgan fingerprint density at radius 1 is 1.48 bits per heavy atom. The molecule has 3 rings (SSSR count). The van der Waals surface area contributed by atoms with Gasteiger partial charge in [-0.3, -0.25) is 14.5 Å². The summed E-state index contributed by atoms with van der Waals surface area (Å²) in [5, 5.41) is 11.8. The summed E-state index contributed by atoms with van der Waals surface area (Å²) in [6.45, 7) is 2.41. The van der Waals surface area contributed by atoms with Gasteiger partial charge in [0, 0.05) is 19.2 Å². The number of carbonyl (C=O) groups excluding carboxylic acids is 1. The Labute approximate surface area is 142 Å². The van der Waals surface area contributed by atoms with E-state index in [-0.39, 0.29) is 5.91 Å². The topological polar surface area (TPSA) is 75.6 Å². The van der Waals surface area contributed by atoms with Crippen molar-refractivity contribution in [1.82, 2.24) is 19.7 Å². The summed E-state index contributed by atoms with van der Waals surface area (Å²) >= 11 is 6.83. The van der Waals surface area contributed by atoms with Crippen LogP contribution in [0.1, 0.15) is 12.0 Å². The third-order valence-corrected chi connectivity index (χ3v) is 4.42. The first-order valence-electron chi connectivity index (χ1n) is 7.05. The van der Waals surface area contributed by atoms with Gasteiger partial charge in [0.2, 0.25) is 5.91 Å². The molecular formula is C15H15N5OS2. The first-order valence-corrected chi connectivity index (χ1v) is 8.34. The number of rotatable bonds is 5. The van der Waals surface area contributed by atoms with E-state index in [1.165, 1.54) is 0 Å². The fourth-order valence-corrected chi connectivity index (χ4v) is 3.09. The van der Waals surface area contributed by atoms with E-state index in [0.29, 0.717) is 23.6 Å². The Balaban J connectivity index is 1.68. The standard InChI is InChI=1S/C15H15N5OS2/c1-10-4-6-16-12(9-10)17-13(21)5-7-20-14(18-19-15(20)22)11-3-2-8-23-11/h2-4,6,8-9H,5,7H2,1H3,(H,19,22)(H,16,17,21). The van der Waals surface area contributed by atoms with Gasteiger partial charge in [0.1, 0.15) is 5.82 Å². The van der Waals surface area contributed by atoms with Crippen LogP contribution in [0.15, 0.2) is 35.8 Å². The molecule has 0 saturated heterocycles. The summed E-state index contributed by atoms with van der Waals surface area (Å²) in [5.74, 6) is 1.21. The Hall–Kier alpha value is -2.32. The van der Waals surface area contributed by atoms with Crippen molar-refractivity contribution in [2.24, 2.45) is 0 Å². The fourth-order valence-electron chi connectivity index (χ4n) is 2.14. The zero-order valence-corrected chi connectivity index (χ0v) is 14.1. The SMILES string of the molecule is Cc1ccnc(NC(=O)CCn2c(-c3cccs3)n[nH]c2=S)c1. The highest BCUT2D eigenvalue weighted by Gasteiger charge is 2.11. The zero-order valence-electron chi connectivity index (χ0n) is 12.4. The molecule has 2 N–H and O–H groups in total. The van der Waals surface area contributed by atoms with E-state index in [1.807, 2.05) is 41.1 Å². The first-order chi connectivity index (χ1) is 11.1. The smallest absolute Gasteiger partial charge is 0.227 e. The van der Waals surface area contributed by atoms with E-state index >= 15 is 0 Å². The fraction of sp³-hybridized carbons (Fsp3) is 0.200. The van der Waals surface area contributed by atoms with Crippen LogP contribution in [-0.4, -0.2) is 25.7 Å². The number of hydrogen-bond acceptors (Lipinski definition) is 5. The van der Waals surface area contributed by atoms with Crippen LogP contribution in [0.4, 0.5) is 5.82 Å². The van der Waals surface area contributed by atoms with Crippen molar-refractivity contribution < 1.29 is 4.79 Å². The van der Waals surface area contributed by atoms with E-state index in [2.05, 4.69) is 20.5 Å². The summed E-state index contributed by atoms with van der Waals surface area (Å²) in [4.78, 5) is 17.2. The molecule has 0 unspecified atom stereocenters. The monoisotopic (exact) mass is 345 g/mol. The lowest BCUT2D eigenvalue weighted by molar-refractivity contribution is -0.116. The molecule has 0 spiro atoms. The summed E-state index contributed by atoms with van der Waals surface area (Å²) in [5.41, 5.74) is 1.05. The van der Waals surface area contributed by atoms with Crippen LogP contribution in [0.2, 0.25) is 0 Å². The van der Waals surface area contributed by atoms with Gasteiger partial charge in [0.25, 0.3) is 0 Å². The lowest BCUT2D eigenvalue weighted by Crippen LogP contribution is -2.15. The number of nitrogens with one attached hydrogen (secondary N) is 2. The first kappa shape index (κ1) is 15.6. The highest BCUT2D eigenvalue weighted by molar-refractivity contribution is 7.71. The lowest BCUT2D eigenvalue weighted by Gasteiger charge is -2.07. The molecule has 0 aliphatic heterocycles. The van der Waals surface area contributed by atoms with Gasteiger partial charge in [-0.25, -0.2) is 4.98 Å². The van der Waals surface area contributed by atoms with Crippen molar-refractivity contribution >= 4 is 35.3 Å². The van der Waals surface area contributed by atoms with Gasteiger partial charge < -0.3 is 5.32 Å². The summed E-state index contributed by atoms with van der Waals surface area (Å²) < 4.78 is 2.35. The number of H-pyrrole nitrogens is 1. The maximum absolute atomic E-state index is 12.1. The number of thiophene rings is 1. The number of aromatic amines is 1. The van der Waals surface area contributed by atoms with E-state index in [1.54, 1.807) is 17.5 Å². The minimum absolute atomic E-state index is 0.108. The van der Waals surface area contributed by atoms with Crippen LogP contribution in [0.25, 0.3) is 10.7 Å². The average molecular weight is 345 g/mol. The number of hydrogen-bond donors (Lipinski definition) is 2. The Bertz CT molecular complexity index is 866. The van der Waals surface area contributed by atoms with E-state index in [4.69, 9.17) is 12.2 Å². The highest BCUT2D eigenvalue weighted by Crippen LogP contribution is 2.22. The van der Waals surface area contributed by atoms with Gasteiger partial charge in [-0.1, -0.05) is 6.07 Å². The van der Waals surface area contributed by atoms with Crippen LogP contribution < -0.4 is 5.32 Å². The minimum Gasteiger partial charge on any atom is -0.311 e. The maximum Gasteiger partial charge on any atom is 0.227 e. The number of amides is 1. The Morgan fingerprint density at radius 2 is 2.35 bits per heavy atom. The van der Waals surface area contributed by atoms with Crippen molar-refractivity contribution in [1.29, 1.82) is 0 Å². The molecule has 0 aliphatic rings. The summed E-state index contributed by atoms with van der Waals surface area (Å²) in [7, 11) is 0. The van der Waals surface area contributed by atoms with Crippen molar-refractivity contribution in [2.75, 3.05) is 5.32 Å². The highest BCUT2D eigenvalue weighted by atomic mass is 32.1. The number of aryl methyl sites for hydroxylation is 1. The van der Waals surface area contributed by atoms with Gasteiger partial charge in [-0.2, -0.15) is 5.10 Å². The van der Waals surface area contributed by atoms with Gasteiger partial charge >= 0.3 is 0 Å². The van der Waals surface area contributed by atoms with Gasteiger partial charge in [-0.15, -0.1) is 11.3 Å². The molecule has 3 heterocycles. The van der Waals surface area contributed by atoms with Crippen molar-refractivity contribution in [3.63, 3.8) is 0 Å². The van der Waals surface area contributed by atoms with Crippen molar-refractivity contribution in [3.8, 4) is 10.7 Å². The van der Waals surface area contributed by atoms with E-state index in [0.717, 1.165) is 16.3 Å². The average Bonchev–Trinajstić information content (AvgIpc) is 3.14. The van der Waals surface area contributed by atoms with Crippen LogP contribution in [0.5, 0.6) is 0 Å². The van der Waals surface area contributed by atoms with Crippen molar-refractivity contribution in [2.45, 2.75) is 19.9 Å². The summed E-state index contributed by atoms with van der Waals surface area (Å²) in [6.07, 6.45) is 1.97. The molecule has 3 aromatic heterocycles. The molecule has 3 aromatic rings. The molecular weight excluding hydrogens is 330 g/mol. The number of aromatic nitrogens is 4. The number of pyridine rings is 1. The number of carbonyl (C=O) groups is 1. The molecule has 0 atom stereocenters. The second-order valence-corrected chi connectivity index (χ2v) is 6.33. The molecule has 0 aromatic carbocycles. The predicted octanol–water partition coefficient (Wildman–Crippen LogP) is 3.40. The Morgan fingerprint density at radius 3 is 3.09 bits per heavy atom. The third-order valence-electron chi connectivity index (χ3n) is 3.25. The summed E-state index contributed by atoms with van der Waals surface area (Å²) in [6, 6.07) is 7.65. The Kier molecular flexibility index (Phi) is 4.63. The molecule has 118 valence electrons. The molecule has 23 heavy (non-hydrogen) atoms. The van der Waals surface area contributed by atoms with Gasteiger partial charge in [0.15, 0.2) is 10.6 Å². The van der Waals surface area contributed by atoms with E-state index < -0.39 is 0 Å². The third kappa shape index (κ3) is 3.72. The molecule has 0 bridgehead atoms. The molecule has 0 saturated carbocycles. The molecule has 0 aliphatic carbocycles. The molecule has 8 heteroatoms. The minimum atomic E-state index is -0.108. The number of nitrogens with zero attached hydrogens (tertiary/aromatic N) is 3. The quantitative estimate of drug-likeness (QED) is 0.695. The van der Waals surface area contributed by atoms with Crippen LogP contribution in [0.3, 0.4) is 0 Å². The second kappa shape index (κ2) is 6.84. The lowest BCUT2D eigenvalue weighted by atomic mass is 10.3. The van der Waals surface area contributed by atoms with Crippen LogP contribution >= 0.6 is 23.6 Å². The molecule has 0 fully saturated rings. The predicted molar refractivity (Wildman–Crippen MR) is 92.9 cm³/mol. The number of anilines is 1. The normalized spacial score (nSPS) is 10.7. The molecule has 0 radical (unpaired) electrons. The molecule has 1 amide bonds. The second-order valence-electron chi connectivity index (χ2n) is 5.00. The maximum atomic E-state index is 12.1. The van der Waals surface area contributed by atoms with E-state index in [9.17, 15) is 4.79 Å². The van der Waals surface area contributed by atoms with Gasteiger partial charge in [0.05, 0.1) is 4.88 Å². The van der Waals surface area contributed by atoms with Crippen LogP contribution in [0, 0.1) is 11.7 Å².